The molecule has 0 aromatic heterocycles. The summed E-state index contributed by atoms with van der Waals surface area (Å²) in [5.74, 6) is 0.769. The van der Waals surface area contributed by atoms with Crippen molar-refractivity contribution in [3.05, 3.63) is 59.1 Å². The summed E-state index contributed by atoms with van der Waals surface area (Å²) in [5.41, 5.74) is 2.22. The Hall–Kier alpha value is -2.20. The lowest BCUT2D eigenvalue weighted by atomic mass is 10.2. The van der Waals surface area contributed by atoms with E-state index in [1.807, 2.05) is 67.3 Å². The summed E-state index contributed by atoms with van der Waals surface area (Å²) in [5, 5.41) is 0.733. The molecule has 0 N–H and O–H groups in total. The first-order chi connectivity index (χ1) is 12.0. The number of amides is 1. The van der Waals surface area contributed by atoms with Gasteiger partial charge < -0.3 is 14.5 Å². The topological polar surface area (TPSA) is 32.8 Å². The number of carbonyl (C=O) groups excluding carboxylic acids is 1. The predicted octanol–water partition coefficient (Wildman–Crippen LogP) is 3.76. The molecular weight excluding hydrogens is 336 g/mol. The molecule has 0 spiro atoms. The monoisotopic (exact) mass is 358 g/mol. The summed E-state index contributed by atoms with van der Waals surface area (Å²) in [6.45, 7) is 6.79. The van der Waals surface area contributed by atoms with Crippen LogP contribution in [0.1, 0.15) is 12.5 Å². The third-order valence-corrected chi connectivity index (χ3v) is 4.65. The van der Waals surface area contributed by atoms with Gasteiger partial charge in [-0.3, -0.25) is 4.79 Å². The Kier molecular flexibility index (Phi) is 5.49. The van der Waals surface area contributed by atoms with Crippen LogP contribution >= 0.6 is 11.6 Å². The van der Waals surface area contributed by atoms with Crippen LogP contribution in [0.15, 0.2) is 48.5 Å². The van der Waals surface area contributed by atoms with Crippen molar-refractivity contribution >= 4 is 23.2 Å². The Balaban J connectivity index is 1.56. The summed E-state index contributed by atoms with van der Waals surface area (Å²) in [7, 11) is 0. The van der Waals surface area contributed by atoms with Gasteiger partial charge in [-0.1, -0.05) is 29.8 Å². The molecule has 132 valence electrons. The maximum absolute atomic E-state index is 12.6. The van der Waals surface area contributed by atoms with E-state index in [-0.39, 0.29) is 5.91 Å². The van der Waals surface area contributed by atoms with Gasteiger partial charge in [0.15, 0.2) is 6.10 Å². The van der Waals surface area contributed by atoms with Crippen molar-refractivity contribution in [3.63, 3.8) is 0 Å². The van der Waals surface area contributed by atoms with Gasteiger partial charge in [0.05, 0.1) is 0 Å². The fourth-order valence-corrected chi connectivity index (χ4v) is 3.24. The Morgan fingerprint density at radius 3 is 2.48 bits per heavy atom. The zero-order valence-corrected chi connectivity index (χ0v) is 15.4. The van der Waals surface area contributed by atoms with E-state index in [1.165, 1.54) is 0 Å². The number of nitrogens with zero attached hydrogens (tertiary/aromatic N) is 2. The number of hydrogen-bond acceptors (Lipinski definition) is 3. The number of aryl methyl sites for hydroxylation is 1. The second-order valence-corrected chi connectivity index (χ2v) is 6.81. The van der Waals surface area contributed by atoms with Crippen molar-refractivity contribution in [2.45, 2.75) is 20.0 Å². The third-order valence-electron chi connectivity index (χ3n) is 4.41. The molecule has 1 aliphatic heterocycles. The van der Waals surface area contributed by atoms with Gasteiger partial charge in [-0.05, 0) is 49.7 Å². The largest absolute Gasteiger partial charge is 0.481 e. The molecule has 1 amide bonds. The van der Waals surface area contributed by atoms with Crippen molar-refractivity contribution in [1.82, 2.24) is 4.90 Å². The smallest absolute Gasteiger partial charge is 0.263 e. The first-order valence-corrected chi connectivity index (χ1v) is 8.93. The number of halogens is 1. The SMILES string of the molecule is Cc1cccc(OC(C)C(=O)N2CCN(c3cccc(Cl)c3)CC2)c1. The molecule has 25 heavy (non-hydrogen) atoms. The molecule has 0 radical (unpaired) electrons. The van der Waals surface area contributed by atoms with Gasteiger partial charge in [0.1, 0.15) is 5.75 Å². The van der Waals surface area contributed by atoms with E-state index in [2.05, 4.69) is 4.90 Å². The minimum Gasteiger partial charge on any atom is -0.481 e. The fraction of sp³-hybridized carbons (Fsp3) is 0.350. The number of rotatable bonds is 4. The quantitative estimate of drug-likeness (QED) is 0.834. The van der Waals surface area contributed by atoms with Crippen LogP contribution in [-0.4, -0.2) is 43.1 Å². The number of hydrogen-bond donors (Lipinski definition) is 0. The molecular formula is C20H23ClN2O2. The van der Waals surface area contributed by atoms with Gasteiger partial charge in [0.2, 0.25) is 0 Å². The van der Waals surface area contributed by atoms with Gasteiger partial charge >= 0.3 is 0 Å². The molecule has 1 heterocycles. The molecule has 1 unspecified atom stereocenters. The molecule has 0 saturated carbocycles. The highest BCUT2D eigenvalue weighted by atomic mass is 35.5. The number of piperazine rings is 1. The van der Waals surface area contributed by atoms with E-state index in [0.717, 1.165) is 35.1 Å². The van der Waals surface area contributed by atoms with Crippen LogP contribution in [0.25, 0.3) is 0 Å². The molecule has 1 aliphatic rings. The molecule has 2 aromatic carbocycles. The Morgan fingerprint density at radius 2 is 1.80 bits per heavy atom. The molecule has 0 bridgehead atoms. The summed E-state index contributed by atoms with van der Waals surface area (Å²) in [6, 6.07) is 15.6. The zero-order chi connectivity index (χ0) is 17.8. The lowest BCUT2D eigenvalue weighted by Crippen LogP contribution is -2.52. The summed E-state index contributed by atoms with van der Waals surface area (Å²) >= 11 is 6.07. The maximum atomic E-state index is 12.6. The van der Waals surface area contributed by atoms with E-state index in [4.69, 9.17) is 16.3 Å². The van der Waals surface area contributed by atoms with Gasteiger partial charge in [-0.25, -0.2) is 0 Å². The lowest BCUT2D eigenvalue weighted by Gasteiger charge is -2.37. The van der Waals surface area contributed by atoms with Crippen LogP contribution in [-0.2, 0) is 4.79 Å². The molecule has 1 fully saturated rings. The molecule has 0 aliphatic carbocycles. The standard InChI is InChI=1S/C20H23ClN2O2/c1-15-5-3-8-19(13-15)25-16(2)20(24)23-11-9-22(10-12-23)18-7-4-6-17(21)14-18/h3-8,13-14,16H,9-12H2,1-2H3. The van der Waals surface area contributed by atoms with Crippen molar-refractivity contribution < 1.29 is 9.53 Å². The average molecular weight is 359 g/mol. The highest BCUT2D eigenvalue weighted by molar-refractivity contribution is 6.30. The van der Waals surface area contributed by atoms with Crippen LogP contribution in [0.4, 0.5) is 5.69 Å². The second-order valence-electron chi connectivity index (χ2n) is 6.37. The number of ether oxygens (including phenoxy) is 1. The summed E-state index contributed by atoms with van der Waals surface area (Å²) in [4.78, 5) is 16.8. The van der Waals surface area contributed by atoms with Crippen LogP contribution < -0.4 is 9.64 Å². The molecule has 5 heteroatoms. The third kappa shape index (κ3) is 4.45. The molecule has 3 rings (SSSR count). The first kappa shape index (κ1) is 17.6. The van der Waals surface area contributed by atoms with E-state index >= 15 is 0 Å². The van der Waals surface area contributed by atoms with Crippen molar-refractivity contribution in [2.75, 3.05) is 31.1 Å². The number of anilines is 1. The van der Waals surface area contributed by atoms with Crippen LogP contribution in [0.5, 0.6) is 5.75 Å². The first-order valence-electron chi connectivity index (χ1n) is 8.55. The van der Waals surface area contributed by atoms with Gasteiger partial charge in [0, 0.05) is 36.9 Å². The Bertz CT molecular complexity index is 742. The lowest BCUT2D eigenvalue weighted by molar-refractivity contribution is -0.138. The van der Waals surface area contributed by atoms with Gasteiger partial charge in [-0.2, -0.15) is 0 Å². The summed E-state index contributed by atoms with van der Waals surface area (Å²) in [6.07, 6.45) is -0.487. The van der Waals surface area contributed by atoms with Crippen LogP contribution in [0, 0.1) is 6.92 Å². The van der Waals surface area contributed by atoms with Gasteiger partial charge in [-0.15, -0.1) is 0 Å². The van der Waals surface area contributed by atoms with Crippen molar-refractivity contribution in [1.29, 1.82) is 0 Å². The normalized spacial score (nSPS) is 15.8. The molecule has 2 aromatic rings. The minimum absolute atomic E-state index is 0.0345. The van der Waals surface area contributed by atoms with Crippen LogP contribution in [0.2, 0.25) is 5.02 Å². The van der Waals surface area contributed by atoms with Crippen LogP contribution in [0.3, 0.4) is 0 Å². The Labute approximate surface area is 154 Å². The van der Waals surface area contributed by atoms with E-state index < -0.39 is 6.10 Å². The van der Waals surface area contributed by atoms with Gasteiger partial charge in [0.25, 0.3) is 5.91 Å². The summed E-state index contributed by atoms with van der Waals surface area (Å²) < 4.78 is 5.82. The van der Waals surface area contributed by atoms with Crippen molar-refractivity contribution in [2.24, 2.45) is 0 Å². The van der Waals surface area contributed by atoms with E-state index in [0.29, 0.717) is 13.1 Å². The number of carbonyl (C=O) groups is 1. The minimum atomic E-state index is -0.487. The van der Waals surface area contributed by atoms with Crippen molar-refractivity contribution in [3.8, 4) is 5.75 Å². The van der Waals surface area contributed by atoms with E-state index in [9.17, 15) is 4.79 Å². The van der Waals surface area contributed by atoms with E-state index in [1.54, 1.807) is 0 Å². The highest BCUT2D eigenvalue weighted by Crippen LogP contribution is 2.21. The predicted molar refractivity (Wildman–Crippen MR) is 102 cm³/mol. The molecule has 1 atom stereocenters. The molecule has 1 saturated heterocycles. The molecule has 4 nitrogen and oxygen atoms in total. The zero-order valence-electron chi connectivity index (χ0n) is 14.6. The second kappa shape index (κ2) is 7.79. The average Bonchev–Trinajstić information content (AvgIpc) is 2.61. The highest BCUT2D eigenvalue weighted by Gasteiger charge is 2.26. The Morgan fingerprint density at radius 1 is 1.08 bits per heavy atom. The maximum Gasteiger partial charge on any atom is 0.263 e. The fourth-order valence-electron chi connectivity index (χ4n) is 3.06. The number of benzene rings is 2.